The van der Waals surface area contributed by atoms with Gasteiger partial charge in [0.15, 0.2) is 27.2 Å². The summed E-state index contributed by atoms with van der Waals surface area (Å²) in [6.45, 7) is 0. The Balaban J connectivity index is 2.05. The first-order valence-corrected chi connectivity index (χ1v) is 9.41. The molecule has 0 radical (unpaired) electrons. The average molecular weight is 385 g/mol. The maximum atomic E-state index is 12.6. The molecule has 0 atom stereocenters. The topological polar surface area (TPSA) is 85.3 Å². The van der Waals surface area contributed by atoms with Crippen LogP contribution in [0, 0.1) is 5.92 Å². The minimum atomic E-state index is -3.29. The molecule has 0 spiro atoms. The van der Waals surface area contributed by atoms with Crippen molar-refractivity contribution in [1.29, 1.82) is 0 Å². The van der Waals surface area contributed by atoms with Gasteiger partial charge in [-0.15, -0.1) is 0 Å². The van der Waals surface area contributed by atoms with Crippen molar-refractivity contribution >= 4 is 43.1 Å². The van der Waals surface area contributed by atoms with Gasteiger partial charge >= 0.3 is 0 Å². The third kappa shape index (κ3) is 2.36. The molecule has 3 rings (SSSR count). The van der Waals surface area contributed by atoms with E-state index in [9.17, 15) is 22.8 Å². The summed E-state index contributed by atoms with van der Waals surface area (Å²) in [5.41, 5.74) is 0.769. The number of carbonyl (C=O) groups excluding carboxylic acids is 3. The number of hydrogen-bond donors (Lipinski definition) is 0. The van der Waals surface area contributed by atoms with Crippen molar-refractivity contribution in [3.8, 4) is 0 Å². The molecule has 1 aliphatic carbocycles. The first kappa shape index (κ1) is 15.6. The van der Waals surface area contributed by atoms with Crippen LogP contribution < -0.4 is 0 Å². The zero-order chi connectivity index (χ0) is 16.1. The van der Waals surface area contributed by atoms with Crippen LogP contribution in [0.1, 0.15) is 35.2 Å². The van der Waals surface area contributed by atoms with Crippen molar-refractivity contribution in [2.24, 2.45) is 5.92 Å². The molecule has 22 heavy (non-hydrogen) atoms. The molecule has 1 aromatic carbocycles. The Morgan fingerprint density at radius 2 is 1.73 bits per heavy atom. The molecule has 1 aliphatic heterocycles. The van der Waals surface area contributed by atoms with Gasteiger partial charge in [-0.25, -0.2) is 8.42 Å². The minimum Gasteiger partial charge on any atom is -0.298 e. The third-order valence-electron chi connectivity index (χ3n) is 4.17. The van der Waals surface area contributed by atoms with Gasteiger partial charge in [-0.2, -0.15) is 0 Å². The normalized spacial score (nSPS) is 21.0. The zero-order valence-electron chi connectivity index (χ0n) is 11.6. The van der Waals surface area contributed by atoms with Crippen molar-refractivity contribution in [1.82, 2.24) is 0 Å². The molecule has 0 amide bonds. The molecular formula is C15H13BrO5S. The van der Waals surface area contributed by atoms with Crippen LogP contribution >= 0.6 is 15.9 Å². The van der Waals surface area contributed by atoms with E-state index in [4.69, 9.17) is 0 Å². The number of fused-ring (bicyclic) bond motifs is 1. The Bertz CT molecular complexity index is 793. The highest BCUT2D eigenvalue weighted by molar-refractivity contribution is 9.10. The van der Waals surface area contributed by atoms with Gasteiger partial charge in [0.2, 0.25) is 0 Å². The second-order valence-electron chi connectivity index (χ2n) is 5.56. The van der Waals surface area contributed by atoms with Crippen LogP contribution in [0.3, 0.4) is 0 Å². The summed E-state index contributed by atoms with van der Waals surface area (Å²) in [7, 11) is -3.29. The summed E-state index contributed by atoms with van der Waals surface area (Å²) in [4.78, 5) is 36.6. The Kier molecular flexibility index (Phi) is 3.81. The molecule has 0 saturated heterocycles. The fourth-order valence-electron chi connectivity index (χ4n) is 3.02. The first-order chi connectivity index (χ1) is 10.3. The smallest absolute Gasteiger partial charge is 0.181 e. The number of halogens is 1. The van der Waals surface area contributed by atoms with Gasteiger partial charge in [-0.1, -0.05) is 0 Å². The molecule has 0 aromatic heterocycles. The van der Waals surface area contributed by atoms with Crippen LogP contribution in [0.4, 0.5) is 0 Å². The summed E-state index contributed by atoms with van der Waals surface area (Å²) in [5.74, 6) is -2.45. The maximum absolute atomic E-state index is 12.6. The fourth-order valence-corrected chi connectivity index (χ4v) is 5.44. The summed E-state index contributed by atoms with van der Waals surface area (Å²) in [5, 5.41) is 0. The molecule has 2 aliphatic rings. The SMILES string of the molecule is O=C1CCCC(=O)C1C(=O)c1ccc2c(c1Br)CCS2(=O)=O. The van der Waals surface area contributed by atoms with E-state index in [0.717, 1.165) is 0 Å². The Hall–Kier alpha value is -1.34. The maximum Gasteiger partial charge on any atom is 0.181 e. The number of carbonyl (C=O) groups is 3. The van der Waals surface area contributed by atoms with Crippen molar-refractivity contribution in [2.75, 3.05) is 5.75 Å². The van der Waals surface area contributed by atoms with E-state index < -0.39 is 21.5 Å². The highest BCUT2D eigenvalue weighted by Crippen LogP contribution is 2.36. The van der Waals surface area contributed by atoms with Gasteiger partial charge in [0.1, 0.15) is 5.92 Å². The lowest BCUT2D eigenvalue weighted by atomic mass is 9.81. The molecule has 1 fully saturated rings. The Morgan fingerprint density at radius 3 is 2.36 bits per heavy atom. The molecule has 5 nitrogen and oxygen atoms in total. The number of hydrogen-bond acceptors (Lipinski definition) is 5. The van der Waals surface area contributed by atoms with E-state index >= 15 is 0 Å². The second-order valence-corrected chi connectivity index (χ2v) is 8.43. The van der Waals surface area contributed by atoms with E-state index in [1.54, 1.807) is 0 Å². The van der Waals surface area contributed by atoms with Crippen LogP contribution in [-0.2, 0) is 25.8 Å². The largest absolute Gasteiger partial charge is 0.298 e. The number of rotatable bonds is 2. The molecule has 1 heterocycles. The summed E-state index contributed by atoms with van der Waals surface area (Å²) in [6, 6.07) is 2.79. The minimum absolute atomic E-state index is 0.0138. The molecule has 116 valence electrons. The lowest BCUT2D eigenvalue weighted by Crippen LogP contribution is -2.35. The van der Waals surface area contributed by atoms with Gasteiger partial charge in [-0.3, -0.25) is 14.4 Å². The molecule has 7 heteroatoms. The molecule has 0 bridgehead atoms. The first-order valence-electron chi connectivity index (χ1n) is 6.96. The number of ketones is 3. The second kappa shape index (κ2) is 5.38. The van der Waals surface area contributed by atoms with Crippen LogP contribution in [0.2, 0.25) is 0 Å². The van der Waals surface area contributed by atoms with Crippen LogP contribution in [0.15, 0.2) is 21.5 Å². The quantitative estimate of drug-likeness (QED) is 0.574. The number of Topliss-reactive ketones (excluding diaryl/α,β-unsaturated/α-hetero) is 3. The van der Waals surface area contributed by atoms with Crippen LogP contribution in [0.5, 0.6) is 0 Å². The number of sulfone groups is 1. The molecule has 0 unspecified atom stereocenters. The van der Waals surface area contributed by atoms with E-state index in [-0.39, 0.29) is 40.6 Å². The van der Waals surface area contributed by atoms with Gasteiger partial charge in [-0.05, 0) is 46.5 Å². The summed E-state index contributed by atoms with van der Waals surface area (Å²) in [6.07, 6.45) is 1.29. The van der Waals surface area contributed by atoms with Crippen molar-refractivity contribution in [3.05, 3.63) is 27.7 Å². The van der Waals surface area contributed by atoms with Crippen LogP contribution in [-0.4, -0.2) is 31.5 Å². The Morgan fingerprint density at radius 1 is 1.09 bits per heavy atom. The number of benzene rings is 1. The van der Waals surface area contributed by atoms with Gasteiger partial charge in [0.25, 0.3) is 0 Å². The molecule has 0 N–H and O–H groups in total. The average Bonchev–Trinajstić information content (AvgIpc) is 2.75. The van der Waals surface area contributed by atoms with Gasteiger partial charge in [0.05, 0.1) is 10.6 Å². The molecule has 1 aromatic rings. The van der Waals surface area contributed by atoms with E-state index in [0.29, 0.717) is 22.9 Å². The Labute approximate surface area is 136 Å². The highest BCUT2D eigenvalue weighted by Gasteiger charge is 2.38. The summed E-state index contributed by atoms with van der Waals surface area (Å²) >= 11 is 3.28. The van der Waals surface area contributed by atoms with Crippen LogP contribution in [0.25, 0.3) is 0 Å². The molecule has 1 saturated carbocycles. The van der Waals surface area contributed by atoms with Crippen molar-refractivity contribution in [3.63, 3.8) is 0 Å². The van der Waals surface area contributed by atoms with E-state index in [1.807, 2.05) is 0 Å². The lowest BCUT2D eigenvalue weighted by Gasteiger charge is -2.19. The van der Waals surface area contributed by atoms with Crippen molar-refractivity contribution in [2.45, 2.75) is 30.6 Å². The summed E-state index contributed by atoms with van der Waals surface area (Å²) < 4.78 is 24.1. The molecular weight excluding hydrogens is 372 g/mol. The van der Waals surface area contributed by atoms with Gasteiger partial charge < -0.3 is 0 Å². The highest BCUT2D eigenvalue weighted by atomic mass is 79.9. The zero-order valence-corrected chi connectivity index (χ0v) is 14.0. The fraction of sp³-hybridized carbons (Fsp3) is 0.400. The van der Waals surface area contributed by atoms with E-state index in [1.165, 1.54) is 12.1 Å². The monoisotopic (exact) mass is 384 g/mol. The van der Waals surface area contributed by atoms with Gasteiger partial charge in [0, 0.05) is 22.9 Å². The third-order valence-corrected chi connectivity index (χ3v) is 6.87. The predicted octanol–water partition coefficient (Wildman–Crippen LogP) is 1.90. The van der Waals surface area contributed by atoms with Crippen molar-refractivity contribution < 1.29 is 22.8 Å². The lowest BCUT2D eigenvalue weighted by molar-refractivity contribution is -0.133. The standard InChI is InChI=1S/C15H13BrO5S/c16-14-8-6-7-22(20,21)12(8)5-4-9(14)15(19)13-10(17)2-1-3-11(13)18/h4-5,13H,1-3,6-7H2. The predicted molar refractivity (Wildman–Crippen MR) is 81.6 cm³/mol. The van der Waals surface area contributed by atoms with E-state index in [2.05, 4.69) is 15.9 Å².